The predicted molar refractivity (Wildman–Crippen MR) is 72.4 cm³/mol. The number of ether oxygens (including phenoxy) is 4. The summed E-state index contributed by atoms with van der Waals surface area (Å²) in [5.74, 6) is -1.02. The third-order valence-corrected chi connectivity index (χ3v) is 4.03. The van der Waals surface area contributed by atoms with Crippen LogP contribution >= 0.6 is 0 Å². The lowest BCUT2D eigenvalue weighted by molar-refractivity contribution is -0.340. The minimum Gasteiger partial charge on any atom is -0.394 e. The van der Waals surface area contributed by atoms with Crippen LogP contribution in [0.1, 0.15) is 0 Å². The average molecular weight is 354 g/mol. The summed E-state index contributed by atoms with van der Waals surface area (Å²) in [5, 5.41) is 57.9. The molecule has 0 aromatic heterocycles. The summed E-state index contributed by atoms with van der Waals surface area (Å²) in [6.45, 7) is -1.32. The molecule has 5 unspecified atom stereocenters. The first-order chi connectivity index (χ1) is 11.3. The molecule has 2 aliphatic heterocycles. The monoisotopic (exact) mass is 354 g/mol. The Morgan fingerprint density at radius 2 is 1.50 bits per heavy atom. The fourth-order valence-corrected chi connectivity index (χ4v) is 2.63. The summed E-state index contributed by atoms with van der Waals surface area (Å²) in [6, 6.07) is 0. The van der Waals surface area contributed by atoms with Crippen LogP contribution in [-0.2, 0) is 23.7 Å². The molecule has 140 valence electrons. The average Bonchev–Trinajstić information content (AvgIpc) is 2.59. The topological polar surface area (TPSA) is 175 Å². The lowest BCUT2D eigenvalue weighted by atomic mass is 9.97. The van der Waals surface area contributed by atoms with Gasteiger partial charge in [-0.3, -0.25) is 4.79 Å². The van der Waals surface area contributed by atoms with Gasteiger partial charge in [-0.05, 0) is 0 Å². The fourth-order valence-electron chi connectivity index (χ4n) is 2.63. The van der Waals surface area contributed by atoms with E-state index in [1.165, 1.54) is 7.11 Å². The second-order valence-electron chi connectivity index (χ2n) is 5.56. The van der Waals surface area contributed by atoms with Crippen molar-refractivity contribution in [1.82, 2.24) is 0 Å². The van der Waals surface area contributed by atoms with Crippen LogP contribution in [-0.4, -0.2) is 112 Å². The molecule has 2 rings (SSSR count). The van der Waals surface area contributed by atoms with Gasteiger partial charge in [0.2, 0.25) is 0 Å². The van der Waals surface area contributed by atoms with Gasteiger partial charge in [-0.2, -0.15) is 0 Å². The Labute approximate surface area is 136 Å². The van der Waals surface area contributed by atoms with Crippen LogP contribution in [0, 0.1) is 0 Å². The minimum absolute atomic E-state index is 0.614. The summed E-state index contributed by atoms with van der Waals surface area (Å²) in [6.07, 6.45) is -13.4. The Hall–Kier alpha value is -0.730. The van der Waals surface area contributed by atoms with Crippen molar-refractivity contribution in [1.29, 1.82) is 0 Å². The zero-order chi connectivity index (χ0) is 18.0. The van der Waals surface area contributed by atoms with E-state index in [1.807, 2.05) is 0 Å². The highest BCUT2D eigenvalue weighted by Gasteiger charge is 2.50. The van der Waals surface area contributed by atoms with Gasteiger partial charge in [-0.15, -0.1) is 0 Å². The maximum atomic E-state index is 11.8. The number of ketones is 1. The summed E-state index contributed by atoms with van der Waals surface area (Å²) < 4.78 is 20.5. The minimum atomic E-state index is -1.88. The van der Waals surface area contributed by atoms with Crippen molar-refractivity contribution < 1.29 is 54.4 Å². The van der Waals surface area contributed by atoms with Crippen LogP contribution in [0.2, 0.25) is 0 Å². The molecule has 0 radical (unpaired) electrons. The van der Waals surface area contributed by atoms with E-state index in [0.717, 1.165) is 0 Å². The highest BCUT2D eigenvalue weighted by atomic mass is 16.7. The van der Waals surface area contributed by atoms with Crippen molar-refractivity contribution >= 4 is 5.78 Å². The van der Waals surface area contributed by atoms with Crippen LogP contribution in [0.15, 0.2) is 0 Å². The van der Waals surface area contributed by atoms with Crippen molar-refractivity contribution in [3.63, 3.8) is 0 Å². The van der Waals surface area contributed by atoms with Crippen LogP contribution in [0.4, 0.5) is 0 Å². The Morgan fingerprint density at radius 1 is 0.917 bits per heavy atom. The van der Waals surface area contributed by atoms with Crippen molar-refractivity contribution in [3.05, 3.63) is 0 Å². The number of aliphatic hydroxyl groups is 6. The van der Waals surface area contributed by atoms with Gasteiger partial charge in [0.15, 0.2) is 24.5 Å². The molecule has 0 saturated carbocycles. The first-order valence-electron chi connectivity index (χ1n) is 7.32. The molecule has 6 N–H and O–H groups in total. The highest BCUT2D eigenvalue weighted by molar-refractivity contribution is 5.88. The molecule has 2 saturated heterocycles. The standard InChI is InChI=1S/C13H22O11/c1-21-12-10(20)8(18)11(5(3-15)23-12)24-13-9(19)7(17)6(16)4(2-14)22-13/h4-6,8-16,18-20H,2-3H2,1H3/t4?,5?,6-,8?,9?,10?,11-,12-,13+/m1/s1. The van der Waals surface area contributed by atoms with Crippen LogP contribution in [0.3, 0.4) is 0 Å². The summed E-state index contributed by atoms with van der Waals surface area (Å²) in [5.41, 5.74) is 0. The van der Waals surface area contributed by atoms with Crippen LogP contribution in [0.5, 0.6) is 0 Å². The number of carbonyl (C=O) groups is 1. The van der Waals surface area contributed by atoms with E-state index >= 15 is 0 Å². The zero-order valence-corrected chi connectivity index (χ0v) is 12.8. The van der Waals surface area contributed by atoms with Crippen molar-refractivity contribution in [2.45, 2.75) is 55.3 Å². The molecule has 0 aliphatic carbocycles. The fraction of sp³-hybridized carbons (Fsp3) is 0.923. The van der Waals surface area contributed by atoms with Gasteiger partial charge >= 0.3 is 0 Å². The van der Waals surface area contributed by atoms with Crippen molar-refractivity contribution in [2.24, 2.45) is 0 Å². The third-order valence-electron chi connectivity index (χ3n) is 4.03. The number of hydrogen-bond donors (Lipinski definition) is 6. The Kier molecular flexibility index (Phi) is 6.61. The number of Topliss-reactive ketones (excluding diaryl/α,β-unsaturated/α-hetero) is 1. The summed E-state index contributed by atoms with van der Waals surface area (Å²) >= 11 is 0. The number of aliphatic hydroxyl groups excluding tert-OH is 6. The SMILES string of the molecule is CO[C@@H]1OC(CO)[C@@H](O[C@@H]2OC(CO)[C@@H](O)C(=O)C2O)C(O)C1O. The van der Waals surface area contributed by atoms with Crippen LogP contribution < -0.4 is 0 Å². The van der Waals surface area contributed by atoms with Crippen molar-refractivity contribution in [3.8, 4) is 0 Å². The number of rotatable bonds is 5. The second-order valence-corrected chi connectivity index (χ2v) is 5.56. The zero-order valence-electron chi connectivity index (χ0n) is 12.8. The highest BCUT2D eigenvalue weighted by Crippen LogP contribution is 2.28. The van der Waals surface area contributed by atoms with Gasteiger partial charge in [0.1, 0.15) is 36.6 Å². The van der Waals surface area contributed by atoms with Gasteiger partial charge in [0.05, 0.1) is 13.2 Å². The Morgan fingerprint density at radius 3 is 2.04 bits per heavy atom. The Bertz CT molecular complexity index is 430. The molecule has 24 heavy (non-hydrogen) atoms. The number of methoxy groups -OCH3 is 1. The number of hydrogen-bond acceptors (Lipinski definition) is 11. The summed E-state index contributed by atoms with van der Waals surface area (Å²) in [7, 11) is 1.23. The predicted octanol–water partition coefficient (Wildman–Crippen LogP) is -4.53. The molecule has 2 heterocycles. The maximum absolute atomic E-state index is 11.8. The molecule has 0 aromatic carbocycles. The summed E-state index contributed by atoms with van der Waals surface area (Å²) in [4.78, 5) is 11.8. The first kappa shape index (κ1) is 19.6. The normalized spacial score (nSPS) is 47.0. The third kappa shape index (κ3) is 3.60. The van der Waals surface area contributed by atoms with E-state index in [0.29, 0.717) is 0 Å². The van der Waals surface area contributed by atoms with Gasteiger partial charge < -0.3 is 49.6 Å². The second kappa shape index (κ2) is 8.10. The first-order valence-corrected chi connectivity index (χ1v) is 7.32. The van der Waals surface area contributed by atoms with Crippen LogP contribution in [0.25, 0.3) is 0 Å². The molecule has 11 nitrogen and oxygen atoms in total. The number of carbonyl (C=O) groups excluding carboxylic acids is 1. The van der Waals surface area contributed by atoms with Gasteiger partial charge in [-0.25, -0.2) is 0 Å². The lowest BCUT2D eigenvalue weighted by Crippen LogP contribution is -2.63. The van der Waals surface area contributed by atoms with E-state index in [4.69, 9.17) is 24.1 Å². The van der Waals surface area contributed by atoms with Gasteiger partial charge in [0.25, 0.3) is 0 Å². The molecule has 2 fully saturated rings. The molecular formula is C13H22O11. The lowest BCUT2D eigenvalue weighted by Gasteiger charge is -2.44. The molecular weight excluding hydrogens is 332 g/mol. The van der Waals surface area contributed by atoms with E-state index in [1.54, 1.807) is 0 Å². The van der Waals surface area contributed by atoms with Gasteiger partial charge in [0, 0.05) is 7.11 Å². The van der Waals surface area contributed by atoms with E-state index in [9.17, 15) is 30.3 Å². The van der Waals surface area contributed by atoms with E-state index in [-0.39, 0.29) is 0 Å². The van der Waals surface area contributed by atoms with Gasteiger partial charge in [-0.1, -0.05) is 0 Å². The molecule has 9 atom stereocenters. The van der Waals surface area contributed by atoms with Crippen molar-refractivity contribution in [2.75, 3.05) is 20.3 Å². The van der Waals surface area contributed by atoms with E-state index < -0.39 is 74.3 Å². The molecule has 0 bridgehead atoms. The maximum Gasteiger partial charge on any atom is 0.197 e. The Balaban J connectivity index is 2.13. The molecule has 2 aliphatic rings. The smallest absolute Gasteiger partial charge is 0.197 e. The quantitative estimate of drug-likeness (QED) is 0.280. The molecule has 0 aromatic rings. The molecule has 0 spiro atoms. The molecule has 11 heteroatoms. The van der Waals surface area contributed by atoms with E-state index in [2.05, 4.69) is 0 Å². The largest absolute Gasteiger partial charge is 0.394 e. The molecule has 0 amide bonds.